The van der Waals surface area contributed by atoms with Gasteiger partial charge in [-0.3, -0.25) is 10.1 Å². The van der Waals surface area contributed by atoms with Crippen molar-refractivity contribution in [3.8, 4) is 11.5 Å². The Morgan fingerprint density at radius 3 is 2.43 bits per heavy atom. The second-order valence-electron chi connectivity index (χ2n) is 5.88. The van der Waals surface area contributed by atoms with Crippen LogP contribution >= 0.6 is 11.6 Å². The molecule has 2 N–H and O–H groups in total. The minimum absolute atomic E-state index is 0.00420. The second kappa shape index (κ2) is 8.97. The van der Waals surface area contributed by atoms with Gasteiger partial charge in [0.15, 0.2) is 0 Å². The third-order valence-corrected chi connectivity index (χ3v) is 4.21. The number of imide groups is 1. The Morgan fingerprint density at radius 1 is 1.14 bits per heavy atom. The van der Waals surface area contributed by atoms with Crippen LogP contribution in [0.25, 0.3) is 0 Å². The van der Waals surface area contributed by atoms with E-state index >= 15 is 0 Å². The molecule has 150 valence electrons. The number of alkyl halides is 3. The van der Waals surface area contributed by atoms with Gasteiger partial charge in [-0.15, -0.1) is 0 Å². The van der Waals surface area contributed by atoms with Crippen molar-refractivity contribution in [3.63, 3.8) is 0 Å². The SMILES string of the molecule is CCc1cc(Oc2ccc(C(F)(F)F)cc2Cl)ccc1CCC(=O)NC(=O)O. The molecule has 2 rings (SSSR count). The van der Waals surface area contributed by atoms with Gasteiger partial charge in [0.25, 0.3) is 0 Å². The van der Waals surface area contributed by atoms with Gasteiger partial charge >= 0.3 is 12.3 Å². The fraction of sp³-hybridized carbons (Fsp3) is 0.263. The molecule has 0 radical (unpaired) electrons. The summed E-state index contributed by atoms with van der Waals surface area (Å²) in [5.74, 6) is -0.131. The molecule has 0 bridgehead atoms. The third-order valence-electron chi connectivity index (χ3n) is 3.91. The number of hydrogen-bond donors (Lipinski definition) is 2. The fourth-order valence-electron chi connectivity index (χ4n) is 2.56. The predicted octanol–water partition coefficient (Wildman–Crippen LogP) is 5.44. The van der Waals surface area contributed by atoms with Crippen LogP contribution in [-0.4, -0.2) is 17.1 Å². The van der Waals surface area contributed by atoms with Crippen LogP contribution in [0, 0.1) is 0 Å². The molecule has 28 heavy (non-hydrogen) atoms. The molecule has 9 heteroatoms. The van der Waals surface area contributed by atoms with E-state index < -0.39 is 23.7 Å². The first-order chi connectivity index (χ1) is 13.1. The largest absolute Gasteiger partial charge is 0.465 e. The number of nitrogens with one attached hydrogen (secondary N) is 1. The van der Waals surface area contributed by atoms with Crippen LogP contribution in [0.3, 0.4) is 0 Å². The van der Waals surface area contributed by atoms with E-state index in [1.165, 1.54) is 0 Å². The molecular weight excluding hydrogens is 399 g/mol. The number of aryl methyl sites for hydroxylation is 2. The Hall–Kier alpha value is -2.74. The van der Waals surface area contributed by atoms with Crippen LogP contribution in [0.4, 0.5) is 18.0 Å². The Balaban J connectivity index is 2.13. The summed E-state index contributed by atoms with van der Waals surface area (Å²) in [6.07, 6.45) is -4.94. The third kappa shape index (κ3) is 5.88. The highest BCUT2D eigenvalue weighted by Gasteiger charge is 2.31. The van der Waals surface area contributed by atoms with E-state index in [1.807, 2.05) is 6.92 Å². The molecule has 0 saturated carbocycles. The molecule has 0 unspecified atom stereocenters. The van der Waals surface area contributed by atoms with Crippen LogP contribution in [-0.2, 0) is 23.8 Å². The standard InChI is InChI=1S/C19H17ClF3NO4/c1-2-11-9-14(6-3-12(11)4-8-17(25)24-18(26)27)28-16-7-5-13(10-15(16)20)19(21,22)23/h3,5-7,9-10H,2,4,8H2,1H3,(H,24,25)(H,26,27). The quantitative estimate of drug-likeness (QED) is 0.658. The number of ether oxygens (including phenoxy) is 1. The van der Waals surface area contributed by atoms with E-state index in [0.29, 0.717) is 18.6 Å². The fourth-order valence-corrected chi connectivity index (χ4v) is 2.77. The molecule has 0 aliphatic heterocycles. The maximum absolute atomic E-state index is 12.7. The molecule has 0 saturated heterocycles. The lowest BCUT2D eigenvalue weighted by molar-refractivity contribution is -0.137. The van der Waals surface area contributed by atoms with Gasteiger partial charge in [0, 0.05) is 6.42 Å². The number of rotatable bonds is 6. The Kier molecular flexibility index (Phi) is 6.90. The molecule has 2 amide bonds. The first-order valence-electron chi connectivity index (χ1n) is 8.29. The average Bonchev–Trinajstić information content (AvgIpc) is 2.60. The van der Waals surface area contributed by atoms with Crippen molar-refractivity contribution in [2.75, 3.05) is 0 Å². The topological polar surface area (TPSA) is 75.6 Å². The van der Waals surface area contributed by atoms with Crippen molar-refractivity contribution in [2.24, 2.45) is 0 Å². The summed E-state index contributed by atoms with van der Waals surface area (Å²) in [5, 5.41) is 10.1. The highest BCUT2D eigenvalue weighted by molar-refractivity contribution is 6.32. The smallest absolute Gasteiger partial charge is 0.416 e. The van der Waals surface area contributed by atoms with Gasteiger partial charge in [0.05, 0.1) is 10.6 Å². The maximum atomic E-state index is 12.7. The highest BCUT2D eigenvalue weighted by atomic mass is 35.5. The van der Waals surface area contributed by atoms with Gasteiger partial charge in [-0.25, -0.2) is 4.79 Å². The van der Waals surface area contributed by atoms with Crippen molar-refractivity contribution in [1.82, 2.24) is 5.32 Å². The Labute approximate surface area is 164 Å². The number of halogens is 4. The van der Waals surface area contributed by atoms with Gasteiger partial charge in [-0.1, -0.05) is 24.6 Å². The van der Waals surface area contributed by atoms with Crippen LogP contribution in [0.1, 0.15) is 30.0 Å². The Bertz CT molecular complexity index is 884. The Morgan fingerprint density at radius 2 is 1.86 bits per heavy atom. The summed E-state index contributed by atoms with van der Waals surface area (Å²) in [6, 6.07) is 7.88. The van der Waals surface area contributed by atoms with Crippen molar-refractivity contribution in [1.29, 1.82) is 0 Å². The van der Waals surface area contributed by atoms with E-state index in [2.05, 4.69) is 0 Å². The number of carboxylic acid groups (broad SMARTS) is 1. The summed E-state index contributed by atoms with van der Waals surface area (Å²) in [5.41, 5.74) is 0.839. The summed E-state index contributed by atoms with van der Waals surface area (Å²) in [4.78, 5) is 21.9. The van der Waals surface area contributed by atoms with Crippen molar-refractivity contribution in [2.45, 2.75) is 32.4 Å². The van der Waals surface area contributed by atoms with Crippen LogP contribution in [0.15, 0.2) is 36.4 Å². The van der Waals surface area contributed by atoms with Gasteiger partial charge in [0.1, 0.15) is 11.5 Å². The molecule has 0 aliphatic carbocycles. The lowest BCUT2D eigenvalue weighted by Gasteiger charge is -2.13. The van der Waals surface area contributed by atoms with E-state index in [4.69, 9.17) is 21.4 Å². The molecule has 2 aromatic rings. The molecule has 5 nitrogen and oxygen atoms in total. The van der Waals surface area contributed by atoms with Gasteiger partial charge in [0.2, 0.25) is 5.91 Å². The molecule has 0 fully saturated rings. The molecule has 0 atom stereocenters. The van der Waals surface area contributed by atoms with E-state index in [9.17, 15) is 22.8 Å². The van der Waals surface area contributed by atoms with Gasteiger partial charge in [-0.05, 0) is 54.3 Å². The molecule has 0 spiro atoms. The normalized spacial score (nSPS) is 11.2. The number of carbonyl (C=O) groups is 2. The summed E-state index contributed by atoms with van der Waals surface area (Å²) in [6.45, 7) is 1.89. The number of carbonyl (C=O) groups excluding carboxylic acids is 1. The predicted molar refractivity (Wildman–Crippen MR) is 96.8 cm³/mol. The summed E-state index contributed by atoms with van der Waals surface area (Å²) in [7, 11) is 0. The monoisotopic (exact) mass is 415 g/mol. The van der Waals surface area contributed by atoms with E-state index in [1.54, 1.807) is 23.5 Å². The molecule has 0 heterocycles. The second-order valence-corrected chi connectivity index (χ2v) is 6.29. The number of benzene rings is 2. The lowest BCUT2D eigenvalue weighted by atomic mass is 10.0. The molecule has 0 aliphatic rings. The van der Waals surface area contributed by atoms with Gasteiger partial charge in [-0.2, -0.15) is 13.2 Å². The van der Waals surface area contributed by atoms with Crippen LogP contribution < -0.4 is 10.1 Å². The lowest BCUT2D eigenvalue weighted by Crippen LogP contribution is -2.28. The van der Waals surface area contributed by atoms with Crippen molar-refractivity contribution >= 4 is 23.6 Å². The summed E-state index contributed by atoms with van der Waals surface area (Å²) >= 11 is 5.90. The number of hydrogen-bond acceptors (Lipinski definition) is 3. The summed E-state index contributed by atoms with van der Waals surface area (Å²) < 4.78 is 43.7. The van der Waals surface area contributed by atoms with Crippen molar-refractivity contribution < 1.29 is 32.6 Å². The van der Waals surface area contributed by atoms with E-state index in [-0.39, 0.29) is 17.2 Å². The zero-order chi connectivity index (χ0) is 20.9. The van der Waals surface area contributed by atoms with Gasteiger partial charge < -0.3 is 9.84 Å². The van der Waals surface area contributed by atoms with Crippen molar-refractivity contribution in [3.05, 3.63) is 58.1 Å². The van der Waals surface area contributed by atoms with Crippen LogP contribution in [0.2, 0.25) is 5.02 Å². The minimum atomic E-state index is -4.49. The molecular formula is C19H17ClF3NO4. The number of amides is 2. The maximum Gasteiger partial charge on any atom is 0.416 e. The molecule has 0 aromatic heterocycles. The molecule has 2 aromatic carbocycles. The average molecular weight is 416 g/mol. The zero-order valence-corrected chi connectivity index (χ0v) is 15.5. The van der Waals surface area contributed by atoms with E-state index in [0.717, 1.165) is 29.3 Å². The first kappa shape index (κ1) is 21.6. The highest BCUT2D eigenvalue weighted by Crippen LogP contribution is 2.36. The zero-order valence-electron chi connectivity index (χ0n) is 14.8. The minimum Gasteiger partial charge on any atom is -0.465 e. The van der Waals surface area contributed by atoms with Crippen LogP contribution in [0.5, 0.6) is 11.5 Å². The first-order valence-corrected chi connectivity index (χ1v) is 8.67.